The topological polar surface area (TPSA) is 60.0 Å². The summed E-state index contributed by atoms with van der Waals surface area (Å²) in [7, 11) is 1.75. The Morgan fingerprint density at radius 2 is 1.50 bits per heavy atom. The van der Waals surface area contributed by atoms with Gasteiger partial charge in [-0.25, -0.2) is 0 Å². The molecule has 1 heterocycles. The SMILES string of the molecule is CN=C(NCCC(=O)N1CCN(c2ccccc2)CC1)NCCc1ccccc1.I. The van der Waals surface area contributed by atoms with Crippen molar-refractivity contribution in [3.63, 3.8) is 0 Å². The fourth-order valence-corrected chi connectivity index (χ4v) is 3.49. The van der Waals surface area contributed by atoms with E-state index in [1.54, 1.807) is 7.05 Å². The number of benzene rings is 2. The van der Waals surface area contributed by atoms with Crippen LogP contribution < -0.4 is 15.5 Å². The smallest absolute Gasteiger partial charge is 0.224 e. The molecule has 0 aliphatic carbocycles. The third-order valence-corrected chi connectivity index (χ3v) is 5.16. The summed E-state index contributed by atoms with van der Waals surface area (Å²) in [5, 5.41) is 6.54. The summed E-state index contributed by atoms with van der Waals surface area (Å²) < 4.78 is 0. The Morgan fingerprint density at radius 3 is 2.13 bits per heavy atom. The van der Waals surface area contributed by atoms with Gasteiger partial charge in [0.2, 0.25) is 5.91 Å². The van der Waals surface area contributed by atoms with Gasteiger partial charge in [0, 0.05) is 58.4 Å². The van der Waals surface area contributed by atoms with Gasteiger partial charge in [-0.05, 0) is 24.1 Å². The van der Waals surface area contributed by atoms with Crippen LogP contribution in [0.1, 0.15) is 12.0 Å². The third-order valence-electron chi connectivity index (χ3n) is 5.16. The molecule has 2 N–H and O–H groups in total. The molecule has 1 saturated heterocycles. The van der Waals surface area contributed by atoms with Crippen LogP contribution in [0.25, 0.3) is 0 Å². The second kappa shape index (κ2) is 13.1. The summed E-state index contributed by atoms with van der Waals surface area (Å²) in [4.78, 5) is 21.1. The van der Waals surface area contributed by atoms with E-state index in [0.717, 1.165) is 45.1 Å². The number of carbonyl (C=O) groups excluding carboxylic acids is 1. The van der Waals surface area contributed by atoms with Crippen molar-refractivity contribution in [2.24, 2.45) is 4.99 Å². The van der Waals surface area contributed by atoms with E-state index < -0.39 is 0 Å². The van der Waals surface area contributed by atoms with Gasteiger partial charge in [0.05, 0.1) is 0 Å². The van der Waals surface area contributed by atoms with E-state index >= 15 is 0 Å². The highest BCUT2D eigenvalue weighted by Crippen LogP contribution is 2.15. The first-order valence-electron chi connectivity index (χ1n) is 10.3. The van der Waals surface area contributed by atoms with Crippen LogP contribution in [0.5, 0.6) is 0 Å². The Balaban J connectivity index is 0.00000320. The minimum absolute atomic E-state index is 0. The number of rotatable bonds is 7. The summed E-state index contributed by atoms with van der Waals surface area (Å²) in [6.45, 7) is 4.70. The largest absolute Gasteiger partial charge is 0.368 e. The summed E-state index contributed by atoms with van der Waals surface area (Å²) in [6.07, 6.45) is 1.41. The van der Waals surface area contributed by atoms with E-state index in [1.807, 2.05) is 29.2 Å². The molecule has 0 saturated carbocycles. The summed E-state index contributed by atoms with van der Waals surface area (Å²) >= 11 is 0. The minimum Gasteiger partial charge on any atom is -0.368 e. The van der Waals surface area contributed by atoms with E-state index in [0.29, 0.717) is 13.0 Å². The first-order chi connectivity index (χ1) is 14.3. The van der Waals surface area contributed by atoms with E-state index in [-0.39, 0.29) is 29.9 Å². The van der Waals surface area contributed by atoms with Crippen LogP contribution in [0, 0.1) is 0 Å². The highest BCUT2D eigenvalue weighted by molar-refractivity contribution is 14.0. The summed E-state index contributed by atoms with van der Waals surface area (Å²) in [5.41, 5.74) is 2.52. The number of para-hydroxylation sites is 1. The van der Waals surface area contributed by atoms with E-state index in [2.05, 4.69) is 56.9 Å². The molecule has 1 fully saturated rings. The molecule has 0 spiro atoms. The molecular weight excluding hydrogens is 489 g/mol. The fraction of sp³-hybridized carbons (Fsp3) is 0.391. The number of nitrogens with zero attached hydrogens (tertiary/aromatic N) is 3. The molecule has 7 heteroatoms. The van der Waals surface area contributed by atoms with Crippen molar-refractivity contribution in [2.75, 3.05) is 51.2 Å². The van der Waals surface area contributed by atoms with E-state index in [1.165, 1.54) is 11.3 Å². The van der Waals surface area contributed by atoms with Gasteiger partial charge >= 0.3 is 0 Å². The van der Waals surface area contributed by atoms with E-state index in [4.69, 9.17) is 0 Å². The third kappa shape index (κ3) is 7.51. The van der Waals surface area contributed by atoms with Crippen molar-refractivity contribution in [1.29, 1.82) is 0 Å². The number of piperazine rings is 1. The van der Waals surface area contributed by atoms with Gasteiger partial charge in [-0.3, -0.25) is 9.79 Å². The monoisotopic (exact) mass is 521 g/mol. The molecular formula is C23H32IN5O. The Bertz CT molecular complexity index is 777. The van der Waals surface area contributed by atoms with Crippen molar-refractivity contribution >= 4 is 41.5 Å². The Kier molecular flexibility index (Phi) is 10.5. The van der Waals surface area contributed by atoms with E-state index in [9.17, 15) is 4.79 Å². The maximum Gasteiger partial charge on any atom is 0.224 e. The number of guanidine groups is 1. The highest BCUT2D eigenvalue weighted by Gasteiger charge is 2.20. The molecule has 3 rings (SSSR count). The van der Waals surface area contributed by atoms with Crippen LogP contribution >= 0.6 is 24.0 Å². The lowest BCUT2D eigenvalue weighted by atomic mass is 10.1. The molecule has 1 aliphatic rings. The van der Waals surface area contributed by atoms with Gasteiger partial charge in [-0.1, -0.05) is 48.5 Å². The van der Waals surface area contributed by atoms with Crippen LogP contribution in [0.2, 0.25) is 0 Å². The molecule has 30 heavy (non-hydrogen) atoms. The van der Waals surface area contributed by atoms with Gasteiger partial charge in [0.25, 0.3) is 0 Å². The number of carbonyl (C=O) groups is 1. The first-order valence-corrected chi connectivity index (χ1v) is 10.3. The van der Waals surface area contributed by atoms with Crippen molar-refractivity contribution in [2.45, 2.75) is 12.8 Å². The fourth-order valence-electron chi connectivity index (χ4n) is 3.49. The van der Waals surface area contributed by atoms with Crippen molar-refractivity contribution in [1.82, 2.24) is 15.5 Å². The number of hydrogen-bond donors (Lipinski definition) is 2. The number of nitrogens with one attached hydrogen (secondary N) is 2. The lowest BCUT2D eigenvalue weighted by Gasteiger charge is -2.36. The Labute approximate surface area is 196 Å². The molecule has 2 aromatic rings. The molecule has 1 aliphatic heterocycles. The number of aliphatic imine (C=N–C) groups is 1. The van der Waals surface area contributed by atoms with Gasteiger partial charge in [-0.2, -0.15) is 0 Å². The summed E-state index contributed by atoms with van der Waals surface area (Å²) in [6, 6.07) is 20.7. The number of hydrogen-bond acceptors (Lipinski definition) is 3. The number of amides is 1. The summed E-state index contributed by atoms with van der Waals surface area (Å²) in [5.74, 6) is 0.938. The quantitative estimate of drug-likeness (QED) is 0.335. The second-order valence-corrected chi connectivity index (χ2v) is 7.11. The maximum atomic E-state index is 12.5. The average molecular weight is 521 g/mol. The zero-order chi connectivity index (χ0) is 20.3. The maximum absolute atomic E-state index is 12.5. The molecule has 0 unspecified atom stereocenters. The van der Waals surface area contributed by atoms with Gasteiger partial charge in [0.1, 0.15) is 0 Å². The molecule has 6 nitrogen and oxygen atoms in total. The molecule has 0 bridgehead atoms. The van der Waals surface area contributed by atoms with Crippen LogP contribution in [-0.4, -0.2) is 63.1 Å². The lowest BCUT2D eigenvalue weighted by molar-refractivity contribution is -0.131. The molecule has 2 aromatic carbocycles. The Morgan fingerprint density at radius 1 is 0.900 bits per heavy atom. The van der Waals surface area contributed by atoms with Crippen molar-refractivity contribution in [3.05, 3.63) is 66.2 Å². The number of anilines is 1. The molecule has 162 valence electrons. The average Bonchev–Trinajstić information content (AvgIpc) is 2.79. The Hall–Kier alpha value is -2.29. The second-order valence-electron chi connectivity index (χ2n) is 7.11. The van der Waals surface area contributed by atoms with Gasteiger partial charge in [0.15, 0.2) is 5.96 Å². The standard InChI is InChI=1S/C23H31N5O.HI/c1-24-23(25-14-12-20-8-4-2-5-9-20)26-15-13-22(29)28-18-16-27(17-19-28)21-10-6-3-7-11-21;/h2-11H,12-19H2,1H3,(H2,24,25,26);1H. The molecule has 0 aromatic heterocycles. The van der Waals surface area contributed by atoms with Gasteiger partial charge in [-0.15, -0.1) is 24.0 Å². The molecule has 0 radical (unpaired) electrons. The molecule has 1 amide bonds. The zero-order valence-corrected chi connectivity index (χ0v) is 19.9. The van der Waals surface area contributed by atoms with Crippen molar-refractivity contribution in [3.8, 4) is 0 Å². The highest BCUT2D eigenvalue weighted by atomic mass is 127. The van der Waals surface area contributed by atoms with Crippen LogP contribution in [-0.2, 0) is 11.2 Å². The minimum atomic E-state index is 0. The zero-order valence-electron chi connectivity index (χ0n) is 17.6. The predicted molar refractivity (Wildman–Crippen MR) is 135 cm³/mol. The van der Waals surface area contributed by atoms with Crippen LogP contribution in [0.15, 0.2) is 65.7 Å². The first kappa shape index (κ1) is 24.0. The van der Waals surface area contributed by atoms with Crippen LogP contribution in [0.4, 0.5) is 5.69 Å². The molecule has 0 atom stereocenters. The van der Waals surface area contributed by atoms with Gasteiger partial charge < -0.3 is 20.4 Å². The predicted octanol–water partition coefficient (Wildman–Crippen LogP) is 2.75. The number of halogens is 1. The normalized spacial score (nSPS) is 14.1. The van der Waals surface area contributed by atoms with Crippen LogP contribution in [0.3, 0.4) is 0 Å². The lowest BCUT2D eigenvalue weighted by Crippen LogP contribution is -2.49. The van der Waals surface area contributed by atoms with Crippen molar-refractivity contribution < 1.29 is 4.79 Å².